The molecular weight excluding hydrogens is 286 g/mol. The summed E-state index contributed by atoms with van der Waals surface area (Å²) in [6.45, 7) is 3.34. The van der Waals surface area contributed by atoms with Crippen molar-refractivity contribution in [2.75, 3.05) is 11.5 Å². The fourth-order valence-corrected chi connectivity index (χ4v) is 3.18. The Balaban J connectivity index is 2.94. The molecule has 0 saturated heterocycles. The average Bonchev–Trinajstić information content (AvgIpc) is 2.26. The minimum Gasteiger partial charge on any atom is -0.399 e. The van der Waals surface area contributed by atoms with E-state index in [2.05, 4.69) is 0 Å². The van der Waals surface area contributed by atoms with Crippen LogP contribution in [0.1, 0.15) is 26.7 Å². The van der Waals surface area contributed by atoms with Crippen molar-refractivity contribution in [1.82, 2.24) is 0 Å². The summed E-state index contributed by atoms with van der Waals surface area (Å²) in [5.41, 5.74) is 4.39. The molecule has 0 aliphatic rings. The fourth-order valence-electron chi connectivity index (χ4n) is 1.74. The van der Waals surface area contributed by atoms with Crippen LogP contribution in [-0.2, 0) is 9.84 Å². The standard InChI is InChI=1S/C13H16F2N2O2S/c1-13(2,8-16)4-3-5-20(18,19)12-10(14)6-9(17)7-11(12)15/h6-7H,3-5,17H2,1-2H3. The second-order valence-corrected chi connectivity index (χ2v) is 7.28. The monoisotopic (exact) mass is 302 g/mol. The van der Waals surface area contributed by atoms with Gasteiger partial charge in [0.2, 0.25) is 0 Å². The molecule has 0 saturated carbocycles. The summed E-state index contributed by atoms with van der Waals surface area (Å²) in [4.78, 5) is -0.957. The maximum absolute atomic E-state index is 13.6. The van der Waals surface area contributed by atoms with Crippen LogP contribution in [-0.4, -0.2) is 14.2 Å². The van der Waals surface area contributed by atoms with Crippen LogP contribution < -0.4 is 5.73 Å². The Kier molecular flexibility index (Phi) is 4.71. The lowest BCUT2D eigenvalue weighted by molar-refractivity contribution is 0.444. The molecular formula is C13H16F2N2O2S. The van der Waals surface area contributed by atoms with Gasteiger partial charge in [-0.05, 0) is 38.8 Å². The molecule has 4 nitrogen and oxygen atoms in total. The number of hydrogen-bond donors (Lipinski definition) is 1. The van der Waals surface area contributed by atoms with Crippen molar-refractivity contribution in [3.8, 4) is 6.07 Å². The molecule has 7 heteroatoms. The molecule has 1 rings (SSSR count). The maximum Gasteiger partial charge on any atom is 0.184 e. The fraction of sp³-hybridized carbons (Fsp3) is 0.462. The molecule has 20 heavy (non-hydrogen) atoms. The first-order valence-electron chi connectivity index (χ1n) is 5.97. The third kappa shape index (κ3) is 3.90. The van der Waals surface area contributed by atoms with Gasteiger partial charge in [0.15, 0.2) is 9.84 Å². The van der Waals surface area contributed by atoms with Gasteiger partial charge in [-0.1, -0.05) is 0 Å². The normalized spacial score (nSPS) is 12.2. The number of nitrogens with zero attached hydrogens (tertiary/aromatic N) is 1. The van der Waals surface area contributed by atoms with E-state index in [4.69, 9.17) is 11.0 Å². The van der Waals surface area contributed by atoms with Crippen LogP contribution in [0.3, 0.4) is 0 Å². The Labute approximate surface area is 117 Å². The number of nitrogen functional groups attached to an aromatic ring is 1. The molecule has 0 amide bonds. The Morgan fingerprint density at radius 3 is 2.25 bits per heavy atom. The number of sulfone groups is 1. The van der Waals surface area contributed by atoms with Crippen molar-refractivity contribution < 1.29 is 17.2 Å². The first-order chi connectivity index (χ1) is 9.09. The summed E-state index contributed by atoms with van der Waals surface area (Å²) < 4.78 is 51.1. The molecule has 1 aromatic rings. The lowest BCUT2D eigenvalue weighted by Crippen LogP contribution is -2.15. The predicted octanol–water partition coefficient (Wildman–Crippen LogP) is 2.65. The minimum absolute atomic E-state index is 0.145. The highest BCUT2D eigenvalue weighted by atomic mass is 32.2. The summed E-state index contributed by atoms with van der Waals surface area (Å²) in [5, 5.41) is 8.83. The molecule has 0 atom stereocenters. The van der Waals surface area contributed by atoms with Crippen molar-refractivity contribution in [2.45, 2.75) is 31.6 Å². The second-order valence-electron chi connectivity index (χ2n) is 5.23. The number of halogens is 2. The summed E-state index contributed by atoms with van der Waals surface area (Å²) in [6, 6.07) is 3.58. The molecule has 0 aliphatic carbocycles. The van der Waals surface area contributed by atoms with Crippen molar-refractivity contribution in [3.05, 3.63) is 23.8 Å². The lowest BCUT2D eigenvalue weighted by Gasteiger charge is -2.14. The molecule has 0 aromatic heterocycles. The summed E-state index contributed by atoms with van der Waals surface area (Å²) in [6.07, 6.45) is 0.465. The van der Waals surface area contributed by atoms with Gasteiger partial charge in [-0.25, -0.2) is 17.2 Å². The average molecular weight is 302 g/mol. The van der Waals surface area contributed by atoms with Gasteiger partial charge in [-0.15, -0.1) is 0 Å². The third-order valence-electron chi connectivity index (χ3n) is 2.85. The van der Waals surface area contributed by atoms with Crippen LogP contribution >= 0.6 is 0 Å². The van der Waals surface area contributed by atoms with Gasteiger partial charge in [-0.3, -0.25) is 0 Å². The van der Waals surface area contributed by atoms with Crippen LogP contribution in [0.2, 0.25) is 0 Å². The summed E-state index contributed by atoms with van der Waals surface area (Å²) >= 11 is 0. The highest BCUT2D eigenvalue weighted by Gasteiger charge is 2.26. The first kappa shape index (κ1) is 16.4. The van der Waals surface area contributed by atoms with Gasteiger partial charge in [0.05, 0.1) is 17.2 Å². The molecule has 0 heterocycles. The van der Waals surface area contributed by atoms with Gasteiger partial charge in [-0.2, -0.15) is 5.26 Å². The molecule has 0 radical (unpaired) electrons. The zero-order valence-corrected chi connectivity index (χ0v) is 12.1. The Morgan fingerprint density at radius 1 is 1.30 bits per heavy atom. The van der Waals surface area contributed by atoms with Crippen molar-refractivity contribution in [1.29, 1.82) is 5.26 Å². The SMILES string of the molecule is CC(C)(C#N)CCCS(=O)(=O)c1c(F)cc(N)cc1F. The Hall–Kier alpha value is -1.68. The lowest BCUT2D eigenvalue weighted by atomic mass is 9.90. The smallest absolute Gasteiger partial charge is 0.184 e. The summed E-state index contributed by atoms with van der Waals surface area (Å²) in [7, 11) is -4.08. The highest BCUT2D eigenvalue weighted by molar-refractivity contribution is 7.91. The van der Waals surface area contributed by atoms with Crippen molar-refractivity contribution in [2.24, 2.45) is 5.41 Å². The number of rotatable bonds is 5. The van der Waals surface area contributed by atoms with Crippen LogP contribution in [0.4, 0.5) is 14.5 Å². The van der Waals surface area contributed by atoms with Gasteiger partial charge < -0.3 is 5.73 Å². The maximum atomic E-state index is 13.6. The highest BCUT2D eigenvalue weighted by Crippen LogP contribution is 2.26. The number of benzene rings is 1. The van der Waals surface area contributed by atoms with Gasteiger partial charge in [0, 0.05) is 5.69 Å². The van der Waals surface area contributed by atoms with Crippen LogP contribution in [0.5, 0.6) is 0 Å². The van der Waals surface area contributed by atoms with E-state index in [1.165, 1.54) is 0 Å². The number of nitrogens with two attached hydrogens (primary N) is 1. The van der Waals surface area contributed by atoms with Gasteiger partial charge in [0.25, 0.3) is 0 Å². The quantitative estimate of drug-likeness (QED) is 0.847. The largest absolute Gasteiger partial charge is 0.399 e. The van der Waals surface area contributed by atoms with E-state index in [1.54, 1.807) is 13.8 Å². The molecule has 1 aromatic carbocycles. The van der Waals surface area contributed by atoms with E-state index < -0.39 is 37.5 Å². The molecule has 2 N–H and O–H groups in total. The van der Waals surface area contributed by atoms with E-state index in [-0.39, 0.29) is 12.1 Å². The zero-order chi connectivity index (χ0) is 15.6. The molecule has 0 unspecified atom stereocenters. The Bertz CT molecular complexity index is 626. The first-order valence-corrected chi connectivity index (χ1v) is 7.63. The van der Waals surface area contributed by atoms with E-state index in [9.17, 15) is 17.2 Å². The van der Waals surface area contributed by atoms with Crippen molar-refractivity contribution >= 4 is 15.5 Å². The van der Waals surface area contributed by atoms with Gasteiger partial charge in [0.1, 0.15) is 16.5 Å². The van der Waals surface area contributed by atoms with E-state index in [1.807, 2.05) is 6.07 Å². The van der Waals surface area contributed by atoms with E-state index in [0.29, 0.717) is 6.42 Å². The Morgan fingerprint density at radius 2 is 1.80 bits per heavy atom. The molecule has 0 bridgehead atoms. The molecule has 110 valence electrons. The van der Waals surface area contributed by atoms with Crippen LogP contribution in [0, 0.1) is 28.4 Å². The topological polar surface area (TPSA) is 84.0 Å². The molecule has 0 fully saturated rings. The van der Waals surface area contributed by atoms with Gasteiger partial charge >= 0.3 is 0 Å². The number of nitriles is 1. The molecule has 0 aliphatic heterocycles. The number of hydrogen-bond acceptors (Lipinski definition) is 4. The molecule has 0 spiro atoms. The third-order valence-corrected chi connectivity index (χ3v) is 4.69. The summed E-state index contributed by atoms with van der Waals surface area (Å²) in [5.74, 6) is -2.81. The number of anilines is 1. The minimum atomic E-state index is -4.08. The predicted molar refractivity (Wildman–Crippen MR) is 71.5 cm³/mol. The van der Waals surface area contributed by atoms with Crippen LogP contribution in [0.15, 0.2) is 17.0 Å². The van der Waals surface area contributed by atoms with Crippen molar-refractivity contribution in [3.63, 3.8) is 0 Å². The second kappa shape index (κ2) is 5.75. The van der Waals surface area contributed by atoms with E-state index in [0.717, 1.165) is 12.1 Å². The van der Waals surface area contributed by atoms with E-state index >= 15 is 0 Å². The zero-order valence-electron chi connectivity index (χ0n) is 11.3. The van der Waals surface area contributed by atoms with Crippen LogP contribution in [0.25, 0.3) is 0 Å².